The molecule has 1 aromatic carbocycles. The lowest BCUT2D eigenvalue weighted by Crippen LogP contribution is -2.37. The van der Waals surface area contributed by atoms with E-state index in [0.717, 1.165) is 16.8 Å². The molecule has 1 aliphatic carbocycles. The second-order valence-electron chi connectivity index (χ2n) is 10.9. The lowest BCUT2D eigenvalue weighted by molar-refractivity contribution is -0.158. The van der Waals surface area contributed by atoms with Crippen molar-refractivity contribution in [1.82, 2.24) is 5.43 Å². The van der Waals surface area contributed by atoms with Crippen molar-refractivity contribution in [2.24, 2.45) is 5.10 Å². The number of hydrazone groups is 1. The molecule has 0 radical (unpaired) electrons. The predicted molar refractivity (Wildman–Crippen MR) is 136 cm³/mol. The highest BCUT2D eigenvalue weighted by Gasteiger charge is 2.30. The predicted octanol–water partition coefficient (Wildman–Crippen LogP) is 4.93. The Bertz CT molecular complexity index is 986. The fourth-order valence-corrected chi connectivity index (χ4v) is 3.89. The summed E-state index contributed by atoms with van der Waals surface area (Å²) in [5.41, 5.74) is 5.65. The van der Waals surface area contributed by atoms with E-state index in [2.05, 4.69) is 31.3 Å². The number of ether oxygens (including phenoxy) is 2. The summed E-state index contributed by atoms with van der Waals surface area (Å²) in [6.45, 7) is 14.5. The monoisotopic (exact) mass is 469 g/mol. The van der Waals surface area contributed by atoms with Gasteiger partial charge in [-0.3, -0.25) is 4.79 Å². The quantitative estimate of drug-likeness (QED) is 0.499. The van der Waals surface area contributed by atoms with Crippen LogP contribution in [-0.2, 0) is 26.1 Å². The van der Waals surface area contributed by atoms with Gasteiger partial charge in [0.1, 0.15) is 17.0 Å². The molecule has 0 aromatic heterocycles. The van der Waals surface area contributed by atoms with Crippen LogP contribution in [0.1, 0.15) is 72.4 Å². The van der Waals surface area contributed by atoms with Gasteiger partial charge in [0.15, 0.2) is 0 Å². The highest BCUT2D eigenvalue weighted by Crippen LogP contribution is 2.40. The molecule has 1 unspecified atom stereocenters. The largest absolute Gasteiger partial charge is 0.505 e. The zero-order valence-electron chi connectivity index (χ0n) is 21.5. The molecular formula is C27H39N3O4. The summed E-state index contributed by atoms with van der Waals surface area (Å²) in [4.78, 5) is 12.6. The smallest absolute Gasteiger partial charge is 0.306 e. The second-order valence-corrected chi connectivity index (χ2v) is 10.9. The maximum Gasteiger partial charge on any atom is 0.306 e. The van der Waals surface area contributed by atoms with Crippen LogP contribution in [0, 0.1) is 0 Å². The SMILES string of the molecule is CC(C)OCCC(C)(C)OC(=O)CCc1cc(N2N=C3C=CC=CC3N2)c(O)c(C(C)(C)C)c1. The highest BCUT2D eigenvalue weighted by atomic mass is 16.6. The van der Waals surface area contributed by atoms with Crippen LogP contribution in [0.3, 0.4) is 0 Å². The first-order chi connectivity index (χ1) is 15.9. The minimum atomic E-state index is -0.588. The van der Waals surface area contributed by atoms with Gasteiger partial charge in [-0.1, -0.05) is 45.1 Å². The van der Waals surface area contributed by atoms with E-state index in [1.165, 1.54) is 0 Å². The molecule has 186 valence electrons. The number of esters is 1. The summed E-state index contributed by atoms with van der Waals surface area (Å²) in [6.07, 6.45) is 9.43. The van der Waals surface area contributed by atoms with Crippen molar-refractivity contribution in [1.29, 1.82) is 0 Å². The van der Waals surface area contributed by atoms with Gasteiger partial charge in [0.05, 0.1) is 24.5 Å². The van der Waals surface area contributed by atoms with Crippen molar-refractivity contribution >= 4 is 17.4 Å². The summed E-state index contributed by atoms with van der Waals surface area (Å²) in [6, 6.07) is 3.84. The van der Waals surface area contributed by atoms with Crippen LogP contribution in [0.4, 0.5) is 5.69 Å². The molecule has 1 aliphatic heterocycles. The van der Waals surface area contributed by atoms with Gasteiger partial charge in [-0.2, -0.15) is 15.6 Å². The number of anilines is 1. The van der Waals surface area contributed by atoms with Crippen LogP contribution in [-0.4, -0.2) is 41.1 Å². The van der Waals surface area contributed by atoms with Crippen molar-refractivity contribution in [2.45, 2.75) is 90.9 Å². The first kappa shape index (κ1) is 26.0. The Kier molecular flexibility index (Phi) is 7.88. The number of hydrazine groups is 1. The van der Waals surface area contributed by atoms with Crippen LogP contribution in [0.2, 0.25) is 0 Å². The zero-order chi connectivity index (χ0) is 25.1. The number of nitrogens with one attached hydrogen (secondary N) is 1. The van der Waals surface area contributed by atoms with Gasteiger partial charge in [-0.25, -0.2) is 0 Å². The fraction of sp³-hybridized carbons (Fsp3) is 0.556. The number of hydrogen-bond acceptors (Lipinski definition) is 7. The molecule has 0 amide bonds. The van der Waals surface area contributed by atoms with Crippen molar-refractivity contribution in [3.8, 4) is 5.75 Å². The molecular weight excluding hydrogens is 430 g/mol. The van der Waals surface area contributed by atoms with Gasteiger partial charge >= 0.3 is 5.97 Å². The van der Waals surface area contributed by atoms with Crippen molar-refractivity contribution < 1.29 is 19.4 Å². The first-order valence-electron chi connectivity index (χ1n) is 12.1. The molecule has 2 N–H and O–H groups in total. The molecule has 34 heavy (non-hydrogen) atoms. The summed E-state index contributed by atoms with van der Waals surface area (Å²) < 4.78 is 11.3. The molecule has 0 fully saturated rings. The van der Waals surface area contributed by atoms with E-state index in [4.69, 9.17) is 9.47 Å². The number of carbonyl (C=O) groups excluding carboxylic acids is 1. The summed E-state index contributed by atoms with van der Waals surface area (Å²) in [5.74, 6) is -0.0594. The Morgan fingerprint density at radius 3 is 2.59 bits per heavy atom. The third kappa shape index (κ3) is 6.70. The number of phenols is 1. The van der Waals surface area contributed by atoms with Gasteiger partial charge in [-0.05, 0) is 57.2 Å². The third-order valence-electron chi connectivity index (χ3n) is 5.83. The zero-order valence-corrected chi connectivity index (χ0v) is 21.5. The Hall–Kier alpha value is -2.64. The Morgan fingerprint density at radius 2 is 1.94 bits per heavy atom. The molecule has 7 heteroatoms. The number of rotatable bonds is 9. The first-order valence-corrected chi connectivity index (χ1v) is 12.1. The van der Waals surface area contributed by atoms with E-state index >= 15 is 0 Å². The number of aromatic hydroxyl groups is 1. The van der Waals surface area contributed by atoms with Crippen molar-refractivity contribution in [3.63, 3.8) is 0 Å². The number of hydrogen-bond donors (Lipinski definition) is 2. The molecule has 0 saturated heterocycles. The average molecular weight is 470 g/mol. The third-order valence-corrected chi connectivity index (χ3v) is 5.83. The number of fused-ring (bicyclic) bond motifs is 1. The van der Waals surface area contributed by atoms with Crippen LogP contribution in [0.25, 0.3) is 0 Å². The second kappa shape index (κ2) is 10.3. The van der Waals surface area contributed by atoms with E-state index in [9.17, 15) is 9.90 Å². The highest BCUT2D eigenvalue weighted by molar-refractivity contribution is 6.04. The lowest BCUT2D eigenvalue weighted by atomic mass is 9.84. The van der Waals surface area contributed by atoms with Gasteiger partial charge in [0, 0.05) is 18.4 Å². The molecule has 2 aliphatic rings. The van der Waals surface area contributed by atoms with E-state index in [-0.39, 0.29) is 35.7 Å². The molecule has 0 bridgehead atoms. The molecule has 0 spiro atoms. The number of phenolic OH excluding ortho intramolecular Hbond substituents is 1. The number of nitrogens with zero attached hydrogens (tertiary/aromatic N) is 2. The number of aryl methyl sites for hydroxylation is 1. The Morgan fingerprint density at radius 1 is 1.21 bits per heavy atom. The molecule has 7 nitrogen and oxygen atoms in total. The van der Waals surface area contributed by atoms with Gasteiger partial charge in [0.2, 0.25) is 0 Å². The van der Waals surface area contributed by atoms with Crippen LogP contribution < -0.4 is 10.5 Å². The minimum absolute atomic E-state index is 0.0250. The lowest BCUT2D eigenvalue weighted by Gasteiger charge is -2.27. The topological polar surface area (TPSA) is 83.4 Å². The Balaban J connectivity index is 1.74. The van der Waals surface area contributed by atoms with Crippen molar-refractivity contribution in [3.05, 3.63) is 47.6 Å². The number of carbonyl (C=O) groups is 1. The van der Waals surface area contributed by atoms with Gasteiger partial charge in [-0.15, -0.1) is 0 Å². The normalized spacial score (nSPS) is 17.8. The summed E-state index contributed by atoms with van der Waals surface area (Å²) in [5, 5.41) is 17.4. The van der Waals surface area contributed by atoms with Crippen LogP contribution >= 0.6 is 0 Å². The van der Waals surface area contributed by atoms with E-state index in [0.29, 0.717) is 25.1 Å². The number of benzene rings is 1. The summed E-state index contributed by atoms with van der Waals surface area (Å²) in [7, 11) is 0. The maximum absolute atomic E-state index is 12.6. The summed E-state index contributed by atoms with van der Waals surface area (Å²) >= 11 is 0. The van der Waals surface area contributed by atoms with E-state index in [1.807, 2.05) is 64.1 Å². The Labute approximate surface area is 203 Å². The van der Waals surface area contributed by atoms with E-state index < -0.39 is 5.60 Å². The average Bonchev–Trinajstić information content (AvgIpc) is 3.15. The fourth-order valence-electron chi connectivity index (χ4n) is 3.89. The molecule has 1 heterocycles. The van der Waals surface area contributed by atoms with Crippen molar-refractivity contribution in [2.75, 3.05) is 11.7 Å². The van der Waals surface area contributed by atoms with Gasteiger partial charge < -0.3 is 14.6 Å². The standard InChI is InChI=1S/C27H39N3O4/c1-18(2)33-15-14-27(6,7)34-24(31)13-12-19-16-20(26(3,4)5)25(32)23(17-19)30-28-21-10-8-9-11-22(21)29-30/h8-11,16-18,21,28,32H,12-15H2,1-7H3. The van der Waals surface area contributed by atoms with Gasteiger partial charge in [0.25, 0.3) is 0 Å². The van der Waals surface area contributed by atoms with E-state index in [1.54, 1.807) is 5.12 Å². The number of allylic oxidation sites excluding steroid dienone is 2. The minimum Gasteiger partial charge on any atom is -0.505 e. The molecule has 1 atom stereocenters. The maximum atomic E-state index is 12.6. The molecule has 0 saturated carbocycles. The molecule has 3 rings (SSSR count). The van der Waals surface area contributed by atoms with Crippen LogP contribution in [0.5, 0.6) is 5.75 Å². The molecule has 1 aromatic rings. The van der Waals surface area contributed by atoms with Crippen LogP contribution in [0.15, 0.2) is 41.5 Å².